The topological polar surface area (TPSA) is 45.5 Å². The number of aromatic nitrogens is 1. The molecule has 0 saturated heterocycles. The summed E-state index contributed by atoms with van der Waals surface area (Å²) < 4.78 is 26.5. The van der Waals surface area contributed by atoms with Gasteiger partial charge in [-0.15, -0.1) is 0 Å². The first-order chi connectivity index (χ1) is 8.47. The third-order valence-electron chi connectivity index (χ3n) is 2.57. The van der Waals surface area contributed by atoms with Crippen LogP contribution in [-0.4, -0.2) is 46.6 Å². The van der Waals surface area contributed by atoms with E-state index in [1.165, 1.54) is 0 Å². The number of halogens is 2. The highest BCUT2D eigenvalue weighted by Crippen LogP contribution is 2.14. The van der Waals surface area contributed by atoms with Gasteiger partial charge in [0.25, 0.3) is 12.3 Å². The maximum absolute atomic E-state index is 12.4. The van der Waals surface area contributed by atoms with E-state index in [1.807, 2.05) is 13.8 Å². The molecule has 0 atom stereocenters. The molecule has 1 aromatic rings. The Balaban J connectivity index is 2.91. The van der Waals surface area contributed by atoms with Crippen LogP contribution in [0.3, 0.4) is 0 Å². The van der Waals surface area contributed by atoms with Crippen LogP contribution in [0.5, 0.6) is 0 Å². The molecule has 4 nitrogen and oxygen atoms in total. The highest BCUT2D eigenvalue weighted by atomic mass is 19.3. The summed E-state index contributed by atoms with van der Waals surface area (Å²) >= 11 is 0. The monoisotopic (exact) mass is 260 g/mol. The minimum atomic E-state index is -2.61. The number of carbonyl (C=O) groups is 1. The molecule has 0 aliphatic carbocycles. The Morgan fingerprint density at radius 3 is 2.67 bits per heavy atom. The first-order valence-electron chi connectivity index (χ1n) is 5.82. The van der Waals surface area contributed by atoms with Gasteiger partial charge >= 0.3 is 0 Å². The molecule has 0 aliphatic heterocycles. The fourth-order valence-corrected chi connectivity index (χ4v) is 1.75. The van der Waals surface area contributed by atoms with Gasteiger partial charge in [-0.1, -0.05) is 0 Å². The van der Waals surface area contributed by atoms with Gasteiger partial charge in [-0.2, -0.15) is 0 Å². The summed E-state index contributed by atoms with van der Waals surface area (Å²) in [7, 11) is 0. The van der Waals surface area contributed by atoms with Crippen molar-refractivity contribution in [3.05, 3.63) is 24.0 Å². The Bertz CT molecular complexity index is 391. The lowest BCUT2D eigenvalue weighted by molar-refractivity contribution is 0.0499. The number of carbonyl (C=O) groups excluding carboxylic acids is 1. The predicted molar refractivity (Wildman–Crippen MR) is 63.8 cm³/mol. The van der Waals surface area contributed by atoms with Gasteiger partial charge in [0.15, 0.2) is 0 Å². The van der Waals surface area contributed by atoms with Crippen LogP contribution in [0.4, 0.5) is 8.78 Å². The predicted octanol–water partition coefficient (Wildman–Crippen LogP) is 1.77. The standard InChI is InChI=1S/C12H18F2N2O2/c1-9(2)16-5-3-4-10(16)12(18)15(6-7-17)8-11(13)14/h3-5,9,11,17H,6-8H2,1-2H3. The summed E-state index contributed by atoms with van der Waals surface area (Å²) in [4.78, 5) is 13.1. The smallest absolute Gasteiger partial charge is 0.270 e. The average molecular weight is 260 g/mol. The first-order valence-corrected chi connectivity index (χ1v) is 5.82. The molecule has 0 radical (unpaired) electrons. The number of rotatable bonds is 6. The maximum atomic E-state index is 12.4. The molecule has 1 amide bonds. The van der Waals surface area contributed by atoms with Crippen LogP contribution in [-0.2, 0) is 0 Å². The molecular formula is C12H18F2N2O2. The molecule has 1 rings (SSSR count). The number of amides is 1. The van der Waals surface area contributed by atoms with E-state index in [-0.39, 0.29) is 19.2 Å². The number of nitrogens with zero attached hydrogens (tertiary/aromatic N) is 2. The Hall–Kier alpha value is -1.43. The van der Waals surface area contributed by atoms with Crippen LogP contribution in [0.25, 0.3) is 0 Å². The van der Waals surface area contributed by atoms with Crippen molar-refractivity contribution in [2.45, 2.75) is 26.3 Å². The van der Waals surface area contributed by atoms with E-state index in [0.29, 0.717) is 5.69 Å². The number of hydrogen-bond donors (Lipinski definition) is 1. The molecule has 18 heavy (non-hydrogen) atoms. The summed E-state index contributed by atoms with van der Waals surface area (Å²) in [5.74, 6) is -0.483. The van der Waals surface area contributed by atoms with Crippen molar-refractivity contribution in [3.8, 4) is 0 Å². The van der Waals surface area contributed by atoms with Crippen LogP contribution in [0, 0.1) is 0 Å². The van der Waals surface area contributed by atoms with Crippen molar-refractivity contribution < 1.29 is 18.7 Å². The van der Waals surface area contributed by atoms with Gasteiger partial charge in [-0.3, -0.25) is 4.79 Å². The lowest BCUT2D eigenvalue weighted by Crippen LogP contribution is -2.38. The Morgan fingerprint density at radius 2 is 2.17 bits per heavy atom. The number of aliphatic hydroxyl groups is 1. The second-order valence-corrected chi connectivity index (χ2v) is 4.26. The summed E-state index contributed by atoms with van der Waals surface area (Å²) in [6.45, 7) is 2.72. The second kappa shape index (κ2) is 6.49. The van der Waals surface area contributed by atoms with Crippen LogP contribution in [0.15, 0.2) is 18.3 Å². The Kier molecular flexibility index (Phi) is 5.27. The van der Waals surface area contributed by atoms with Gasteiger partial charge in [-0.05, 0) is 26.0 Å². The zero-order valence-corrected chi connectivity index (χ0v) is 10.5. The van der Waals surface area contributed by atoms with E-state index >= 15 is 0 Å². The molecule has 1 heterocycles. The van der Waals surface area contributed by atoms with Crippen molar-refractivity contribution in [3.63, 3.8) is 0 Å². The third-order valence-corrected chi connectivity index (χ3v) is 2.57. The van der Waals surface area contributed by atoms with Crippen LogP contribution in [0.1, 0.15) is 30.4 Å². The quantitative estimate of drug-likeness (QED) is 0.847. The van der Waals surface area contributed by atoms with Crippen molar-refractivity contribution in [1.82, 2.24) is 9.47 Å². The van der Waals surface area contributed by atoms with Crippen molar-refractivity contribution in [2.75, 3.05) is 19.7 Å². The third kappa shape index (κ3) is 3.53. The maximum Gasteiger partial charge on any atom is 0.270 e. The summed E-state index contributed by atoms with van der Waals surface area (Å²) in [6, 6.07) is 3.37. The minimum absolute atomic E-state index is 0.0708. The molecule has 1 aromatic heterocycles. The molecule has 6 heteroatoms. The van der Waals surface area contributed by atoms with E-state index in [0.717, 1.165) is 4.90 Å². The van der Waals surface area contributed by atoms with Crippen LogP contribution >= 0.6 is 0 Å². The molecule has 0 aliphatic rings. The highest BCUT2D eigenvalue weighted by molar-refractivity contribution is 5.92. The van der Waals surface area contributed by atoms with Gasteiger partial charge in [-0.25, -0.2) is 8.78 Å². The summed E-state index contributed by atoms with van der Waals surface area (Å²) in [6.07, 6.45) is -0.875. The normalized spacial score (nSPS) is 11.3. The van der Waals surface area contributed by atoms with Gasteiger partial charge in [0.1, 0.15) is 5.69 Å². The SMILES string of the molecule is CC(C)n1cccc1C(=O)N(CCO)CC(F)F. The largest absolute Gasteiger partial charge is 0.395 e. The van der Waals surface area contributed by atoms with Crippen molar-refractivity contribution in [1.29, 1.82) is 0 Å². The van der Waals surface area contributed by atoms with Crippen LogP contribution in [0.2, 0.25) is 0 Å². The highest BCUT2D eigenvalue weighted by Gasteiger charge is 2.22. The fraction of sp³-hybridized carbons (Fsp3) is 0.583. The van der Waals surface area contributed by atoms with Gasteiger partial charge < -0.3 is 14.6 Å². The summed E-state index contributed by atoms with van der Waals surface area (Å²) in [5.41, 5.74) is 0.360. The van der Waals surface area contributed by atoms with E-state index in [4.69, 9.17) is 5.11 Å². The first kappa shape index (κ1) is 14.6. The molecule has 0 bridgehead atoms. The van der Waals surface area contributed by atoms with Gasteiger partial charge in [0, 0.05) is 18.8 Å². The number of hydrogen-bond acceptors (Lipinski definition) is 2. The fourth-order valence-electron chi connectivity index (χ4n) is 1.75. The molecule has 0 saturated carbocycles. The average Bonchev–Trinajstić information content (AvgIpc) is 2.75. The molecule has 0 fully saturated rings. The van der Waals surface area contributed by atoms with E-state index < -0.39 is 18.9 Å². The van der Waals surface area contributed by atoms with Crippen molar-refractivity contribution in [2.24, 2.45) is 0 Å². The van der Waals surface area contributed by atoms with E-state index in [9.17, 15) is 13.6 Å². The van der Waals surface area contributed by atoms with Crippen LogP contribution < -0.4 is 0 Å². The molecular weight excluding hydrogens is 242 g/mol. The second-order valence-electron chi connectivity index (χ2n) is 4.26. The van der Waals surface area contributed by atoms with E-state index in [2.05, 4.69) is 0 Å². The van der Waals surface area contributed by atoms with Gasteiger partial charge in [0.05, 0.1) is 13.2 Å². The Labute approximate surface area is 105 Å². The zero-order valence-electron chi connectivity index (χ0n) is 10.5. The molecule has 0 unspecified atom stereocenters. The summed E-state index contributed by atoms with van der Waals surface area (Å²) in [5, 5.41) is 8.83. The lowest BCUT2D eigenvalue weighted by Gasteiger charge is -2.23. The molecule has 1 N–H and O–H groups in total. The molecule has 0 aromatic carbocycles. The molecule has 102 valence electrons. The number of alkyl halides is 2. The zero-order chi connectivity index (χ0) is 13.7. The van der Waals surface area contributed by atoms with E-state index in [1.54, 1.807) is 22.9 Å². The Morgan fingerprint density at radius 1 is 1.50 bits per heavy atom. The number of aliphatic hydroxyl groups excluding tert-OH is 1. The minimum Gasteiger partial charge on any atom is -0.395 e. The molecule has 0 spiro atoms. The van der Waals surface area contributed by atoms with Crippen molar-refractivity contribution >= 4 is 5.91 Å². The lowest BCUT2D eigenvalue weighted by atomic mass is 10.3. The van der Waals surface area contributed by atoms with Gasteiger partial charge in [0.2, 0.25) is 0 Å².